The highest BCUT2D eigenvalue weighted by Crippen LogP contribution is 2.37. The zero-order valence-electron chi connectivity index (χ0n) is 10.5. The van der Waals surface area contributed by atoms with Gasteiger partial charge in [0, 0.05) is 5.56 Å². The van der Waals surface area contributed by atoms with Crippen LogP contribution >= 0.6 is 15.9 Å². The number of halogens is 1. The van der Waals surface area contributed by atoms with Crippen LogP contribution in [0.4, 0.5) is 0 Å². The predicted octanol–water partition coefficient (Wildman–Crippen LogP) is 3.56. The van der Waals surface area contributed by atoms with E-state index in [2.05, 4.69) is 27.0 Å². The van der Waals surface area contributed by atoms with Gasteiger partial charge in [0.05, 0.1) is 18.1 Å². The molecule has 0 spiro atoms. The number of aryl methyl sites for hydroxylation is 1. The molecule has 0 saturated heterocycles. The van der Waals surface area contributed by atoms with E-state index in [1.165, 1.54) is 30.4 Å². The summed E-state index contributed by atoms with van der Waals surface area (Å²) >= 11 is 3.54. The van der Waals surface area contributed by atoms with Gasteiger partial charge in [-0.05, 0) is 58.8 Å². The minimum atomic E-state index is 0.356. The molecule has 0 fully saturated rings. The first kappa shape index (κ1) is 13.3. The Morgan fingerprint density at radius 2 is 2.17 bits per heavy atom. The minimum Gasteiger partial charge on any atom is -0.495 e. The summed E-state index contributed by atoms with van der Waals surface area (Å²) in [4.78, 5) is 14.1. The summed E-state index contributed by atoms with van der Waals surface area (Å²) in [5.41, 5.74) is 3.70. The predicted molar refractivity (Wildman–Crippen MR) is 73.8 cm³/mol. The summed E-state index contributed by atoms with van der Waals surface area (Å²) < 4.78 is 6.39. The summed E-state index contributed by atoms with van der Waals surface area (Å²) in [5, 5.41) is 0. The molecule has 1 aliphatic carbocycles. The van der Waals surface area contributed by atoms with E-state index in [0.717, 1.165) is 28.6 Å². The molecule has 0 atom stereocenters. The average Bonchev–Trinajstić information content (AvgIpc) is 2.60. The van der Waals surface area contributed by atoms with Crippen molar-refractivity contribution in [3.63, 3.8) is 0 Å². The molecule has 0 amide bonds. The molecule has 0 bridgehead atoms. The van der Waals surface area contributed by atoms with Crippen molar-refractivity contribution < 1.29 is 9.53 Å². The Balaban J connectivity index is 2.56. The van der Waals surface area contributed by atoms with E-state index in [4.69, 9.17) is 4.74 Å². The topological polar surface area (TPSA) is 38.7 Å². The number of hydrogen-bond acceptors (Lipinski definition) is 3. The van der Waals surface area contributed by atoms with Crippen LogP contribution in [-0.2, 0) is 24.2 Å². The quantitative estimate of drug-likeness (QED) is 0.486. The minimum absolute atomic E-state index is 0.356. The van der Waals surface area contributed by atoms with Crippen LogP contribution in [0.15, 0.2) is 15.5 Å². The summed E-state index contributed by atoms with van der Waals surface area (Å²) in [6, 6.07) is 2.15. The monoisotopic (exact) mass is 309 g/mol. The van der Waals surface area contributed by atoms with E-state index in [1.807, 2.05) is 0 Å². The highest BCUT2D eigenvalue weighted by Gasteiger charge is 2.18. The second kappa shape index (κ2) is 6.17. The third-order valence-corrected chi connectivity index (χ3v) is 4.01. The number of nitrogens with zero attached hydrogens (tertiary/aromatic N) is 1. The largest absolute Gasteiger partial charge is 0.495 e. The van der Waals surface area contributed by atoms with Gasteiger partial charge in [0.2, 0.25) is 6.08 Å². The number of hydrogen-bond donors (Lipinski definition) is 0. The smallest absolute Gasteiger partial charge is 0.235 e. The number of aliphatic imine (C=N–C) groups is 1. The van der Waals surface area contributed by atoms with E-state index in [0.29, 0.717) is 6.54 Å². The maximum Gasteiger partial charge on any atom is 0.235 e. The van der Waals surface area contributed by atoms with Crippen molar-refractivity contribution in [2.45, 2.75) is 38.6 Å². The Labute approximate surface area is 115 Å². The highest BCUT2D eigenvalue weighted by atomic mass is 79.9. The third-order valence-electron chi connectivity index (χ3n) is 3.42. The molecule has 4 heteroatoms. The number of rotatable bonds is 3. The second-order valence-corrected chi connectivity index (χ2v) is 5.33. The number of methoxy groups -OCH3 is 1. The van der Waals surface area contributed by atoms with E-state index < -0.39 is 0 Å². The van der Waals surface area contributed by atoms with Crippen LogP contribution in [0, 0.1) is 0 Å². The van der Waals surface area contributed by atoms with E-state index in [1.54, 1.807) is 13.2 Å². The zero-order chi connectivity index (χ0) is 13.0. The van der Waals surface area contributed by atoms with Crippen LogP contribution in [0.5, 0.6) is 5.75 Å². The Morgan fingerprint density at radius 3 is 2.89 bits per heavy atom. The summed E-state index contributed by atoms with van der Waals surface area (Å²) in [6.07, 6.45) is 7.42. The van der Waals surface area contributed by atoms with Crippen LogP contribution in [-0.4, -0.2) is 13.2 Å². The maximum absolute atomic E-state index is 10.4. The molecule has 1 aromatic rings. The van der Waals surface area contributed by atoms with Crippen LogP contribution in [0.25, 0.3) is 0 Å². The number of benzene rings is 1. The Morgan fingerprint density at radius 1 is 1.39 bits per heavy atom. The van der Waals surface area contributed by atoms with Gasteiger partial charge in [0.1, 0.15) is 5.75 Å². The fourth-order valence-corrected chi connectivity index (χ4v) is 3.29. The van der Waals surface area contributed by atoms with Gasteiger partial charge in [-0.3, -0.25) is 0 Å². The molecule has 0 radical (unpaired) electrons. The molecule has 1 aliphatic rings. The van der Waals surface area contributed by atoms with E-state index >= 15 is 0 Å². The van der Waals surface area contributed by atoms with E-state index in [-0.39, 0.29) is 0 Å². The molecule has 0 saturated carbocycles. The molecular weight excluding hydrogens is 294 g/mol. The van der Waals surface area contributed by atoms with Gasteiger partial charge >= 0.3 is 0 Å². The molecule has 2 rings (SSSR count). The van der Waals surface area contributed by atoms with Gasteiger partial charge in [0.15, 0.2) is 0 Å². The normalized spacial score (nSPS) is 14.3. The Kier molecular flexibility index (Phi) is 4.56. The van der Waals surface area contributed by atoms with Crippen molar-refractivity contribution >= 4 is 22.0 Å². The molecule has 1 aromatic carbocycles. The van der Waals surface area contributed by atoms with Gasteiger partial charge in [-0.1, -0.05) is 6.42 Å². The van der Waals surface area contributed by atoms with Crippen LogP contribution in [0.3, 0.4) is 0 Å². The summed E-state index contributed by atoms with van der Waals surface area (Å²) in [6.45, 7) is 0.356. The SMILES string of the molecule is COc1c(Br)cc2c(c1CN=C=O)CCCCC2. The first-order chi connectivity index (χ1) is 8.77. The van der Waals surface area contributed by atoms with Crippen LogP contribution in [0.2, 0.25) is 0 Å². The zero-order valence-corrected chi connectivity index (χ0v) is 12.0. The first-order valence-corrected chi connectivity index (χ1v) is 6.98. The lowest BCUT2D eigenvalue weighted by molar-refractivity contribution is 0.406. The van der Waals surface area contributed by atoms with Gasteiger partial charge in [0.25, 0.3) is 0 Å². The second-order valence-electron chi connectivity index (χ2n) is 4.48. The fourth-order valence-electron chi connectivity index (χ4n) is 2.61. The third kappa shape index (κ3) is 2.65. The number of fused-ring (bicyclic) bond motifs is 1. The van der Waals surface area contributed by atoms with Gasteiger partial charge in [-0.2, -0.15) is 0 Å². The number of ether oxygens (including phenoxy) is 1. The molecule has 0 N–H and O–H groups in total. The molecule has 0 heterocycles. The standard InChI is InChI=1S/C14H16BrNO2/c1-18-14-12(8-16-9-17)11-6-4-2-3-5-10(11)7-13(14)15/h7H,2-6,8H2,1H3. The average molecular weight is 310 g/mol. The van der Waals surface area contributed by atoms with Crippen molar-refractivity contribution in [2.24, 2.45) is 4.99 Å². The molecule has 96 valence electrons. The van der Waals surface area contributed by atoms with Crippen LogP contribution in [0.1, 0.15) is 36.0 Å². The number of isocyanates is 1. The molecule has 0 aromatic heterocycles. The van der Waals surface area contributed by atoms with Crippen molar-refractivity contribution in [1.29, 1.82) is 0 Å². The lowest BCUT2D eigenvalue weighted by Crippen LogP contribution is -2.02. The summed E-state index contributed by atoms with van der Waals surface area (Å²) in [5.74, 6) is 0.801. The maximum atomic E-state index is 10.4. The van der Waals surface area contributed by atoms with Gasteiger partial charge < -0.3 is 4.74 Å². The first-order valence-electron chi connectivity index (χ1n) is 6.18. The van der Waals surface area contributed by atoms with Crippen molar-refractivity contribution in [2.75, 3.05) is 7.11 Å². The lowest BCUT2D eigenvalue weighted by Gasteiger charge is -2.16. The molecule has 0 aliphatic heterocycles. The van der Waals surface area contributed by atoms with Gasteiger partial charge in [-0.15, -0.1) is 0 Å². The van der Waals surface area contributed by atoms with Crippen molar-refractivity contribution in [3.05, 3.63) is 27.2 Å². The van der Waals surface area contributed by atoms with Crippen LogP contribution < -0.4 is 4.74 Å². The van der Waals surface area contributed by atoms with E-state index in [9.17, 15) is 4.79 Å². The molecule has 18 heavy (non-hydrogen) atoms. The lowest BCUT2D eigenvalue weighted by atomic mass is 9.96. The number of carbonyl (C=O) groups excluding carboxylic acids is 1. The van der Waals surface area contributed by atoms with Crippen molar-refractivity contribution in [3.8, 4) is 5.75 Å². The molecule has 0 unspecified atom stereocenters. The van der Waals surface area contributed by atoms with Crippen molar-refractivity contribution in [1.82, 2.24) is 0 Å². The molecule has 3 nitrogen and oxygen atoms in total. The van der Waals surface area contributed by atoms with Gasteiger partial charge in [-0.25, -0.2) is 9.79 Å². The highest BCUT2D eigenvalue weighted by molar-refractivity contribution is 9.10. The molecular formula is C14H16BrNO2. The fraction of sp³-hybridized carbons (Fsp3) is 0.500. The Bertz CT molecular complexity index is 493. The summed E-state index contributed by atoms with van der Waals surface area (Å²) in [7, 11) is 1.65. The Hall–Kier alpha value is -1.12.